The summed E-state index contributed by atoms with van der Waals surface area (Å²) in [6.45, 7) is 3.06. The molecule has 0 heterocycles. The first-order valence-corrected chi connectivity index (χ1v) is 5.92. The summed E-state index contributed by atoms with van der Waals surface area (Å²) in [6.07, 6.45) is -0.0902. The molecule has 1 atom stereocenters. The van der Waals surface area contributed by atoms with Gasteiger partial charge in [-0.15, -0.1) is 0 Å². The monoisotopic (exact) mass is 275 g/mol. The van der Waals surface area contributed by atoms with Gasteiger partial charge in [-0.3, -0.25) is 4.79 Å². The fraction of sp³-hybridized carbons (Fsp3) is 0.727. The van der Waals surface area contributed by atoms with Gasteiger partial charge in [-0.25, -0.2) is 9.59 Å². The SMILES string of the molecule is CC(C)NC(=O)CN(C)C(=O)N[C@H](CCO)C(=O)O. The molecule has 19 heavy (non-hydrogen) atoms. The number of nitrogens with zero attached hydrogens (tertiary/aromatic N) is 1. The van der Waals surface area contributed by atoms with Crippen LogP contribution in [0.2, 0.25) is 0 Å². The molecule has 0 aromatic heterocycles. The number of carboxylic acids is 1. The fourth-order valence-electron chi connectivity index (χ4n) is 1.30. The lowest BCUT2D eigenvalue weighted by molar-refractivity contribution is -0.139. The minimum Gasteiger partial charge on any atom is -0.480 e. The molecule has 110 valence electrons. The van der Waals surface area contributed by atoms with Crippen LogP contribution in [-0.4, -0.2) is 65.3 Å². The van der Waals surface area contributed by atoms with E-state index in [0.29, 0.717) is 0 Å². The number of rotatable bonds is 7. The van der Waals surface area contributed by atoms with Crippen LogP contribution in [0.25, 0.3) is 0 Å². The number of carboxylic acid groups (broad SMARTS) is 1. The second-order valence-electron chi connectivity index (χ2n) is 4.43. The van der Waals surface area contributed by atoms with Crippen LogP contribution in [0.3, 0.4) is 0 Å². The largest absolute Gasteiger partial charge is 0.480 e. The van der Waals surface area contributed by atoms with E-state index in [4.69, 9.17) is 10.2 Å². The van der Waals surface area contributed by atoms with Crippen LogP contribution < -0.4 is 10.6 Å². The Balaban J connectivity index is 4.32. The number of urea groups is 1. The van der Waals surface area contributed by atoms with Crippen molar-refractivity contribution in [2.24, 2.45) is 0 Å². The van der Waals surface area contributed by atoms with Gasteiger partial charge in [0.25, 0.3) is 0 Å². The summed E-state index contributed by atoms with van der Waals surface area (Å²) in [7, 11) is 1.38. The minimum atomic E-state index is -1.23. The van der Waals surface area contributed by atoms with E-state index in [0.717, 1.165) is 4.90 Å². The van der Waals surface area contributed by atoms with E-state index in [1.165, 1.54) is 7.05 Å². The quantitative estimate of drug-likeness (QED) is 0.474. The summed E-state index contributed by atoms with van der Waals surface area (Å²) in [4.78, 5) is 34.9. The topological polar surface area (TPSA) is 119 Å². The molecule has 0 fully saturated rings. The van der Waals surface area contributed by atoms with E-state index in [2.05, 4.69) is 10.6 Å². The molecule has 0 bridgehead atoms. The highest BCUT2D eigenvalue weighted by molar-refractivity contribution is 5.86. The number of aliphatic hydroxyl groups excluding tert-OH is 1. The Labute approximate surface area is 111 Å². The molecule has 8 heteroatoms. The van der Waals surface area contributed by atoms with Gasteiger partial charge in [-0.1, -0.05) is 0 Å². The highest BCUT2D eigenvalue weighted by Gasteiger charge is 2.22. The van der Waals surface area contributed by atoms with Crippen molar-refractivity contribution in [3.05, 3.63) is 0 Å². The molecule has 3 amide bonds. The second kappa shape index (κ2) is 8.30. The lowest BCUT2D eigenvalue weighted by atomic mass is 10.2. The van der Waals surface area contributed by atoms with Gasteiger partial charge in [0.05, 0.1) is 0 Å². The Morgan fingerprint density at radius 1 is 1.21 bits per heavy atom. The highest BCUT2D eigenvalue weighted by atomic mass is 16.4. The van der Waals surface area contributed by atoms with E-state index in [1.54, 1.807) is 13.8 Å². The van der Waals surface area contributed by atoms with Crippen LogP contribution in [0.1, 0.15) is 20.3 Å². The molecular formula is C11H21N3O5. The van der Waals surface area contributed by atoms with Gasteiger partial charge in [-0.2, -0.15) is 0 Å². The number of aliphatic carboxylic acids is 1. The van der Waals surface area contributed by atoms with Crippen molar-refractivity contribution in [1.29, 1.82) is 0 Å². The van der Waals surface area contributed by atoms with Gasteiger partial charge in [0.1, 0.15) is 12.6 Å². The molecule has 0 rings (SSSR count). The summed E-state index contributed by atoms with van der Waals surface area (Å²) in [5.74, 6) is -1.57. The second-order valence-corrected chi connectivity index (χ2v) is 4.43. The van der Waals surface area contributed by atoms with Crippen molar-refractivity contribution in [2.45, 2.75) is 32.4 Å². The van der Waals surface area contributed by atoms with E-state index in [1.807, 2.05) is 0 Å². The molecule has 0 aliphatic carbocycles. The third-order valence-electron chi connectivity index (χ3n) is 2.19. The number of amides is 3. The zero-order valence-electron chi connectivity index (χ0n) is 11.3. The van der Waals surface area contributed by atoms with Crippen LogP contribution >= 0.6 is 0 Å². The number of carbonyl (C=O) groups excluding carboxylic acids is 2. The average Bonchev–Trinajstić information content (AvgIpc) is 2.26. The van der Waals surface area contributed by atoms with Gasteiger partial charge in [0.15, 0.2) is 0 Å². The number of hydrogen-bond donors (Lipinski definition) is 4. The molecule has 8 nitrogen and oxygen atoms in total. The van der Waals surface area contributed by atoms with Crippen LogP contribution in [0.4, 0.5) is 4.79 Å². The van der Waals surface area contributed by atoms with Gasteiger partial charge in [0, 0.05) is 26.1 Å². The maximum Gasteiger partial charge on any atom is 0.326 e. The highest BCUT2D eigenvalue weighted by Crippen LogP contribution is 1.94. The molecular weight excluding hydrogens is 254 g/mol. The predicted octanol–water partition coefficient (Wildman–Crippen LogP) is -1.01. The standard InChI is InChI=1S/C11H21N3O5/c1-7(2)12-9(16)6-14(3)11(19)13-8(4-5-15)10(17)18/h7-8,15H,4-6H2,1-3H3,(H,12,16)(H,13,19)(H,17,18)/t8-/m1/s1. The lowest BCUT2D eigenvalue weighted by Gasteiger charge is -2.21. The third-order valence-corrected chi connectivity index (χ3v) is 2.19. The summed E-state index contributed by atoms with van der Waals surface area (Å²) in [6, 6.07) is -1.89. The maximum absolute atomic E-state index is 11.6. The van der Waals surface area contributed by atoms with Crippen molar-refractivity contribution in [3.8, 4) is 0 Å². The van der Waals surface area contributed by atoms with Crippen LogP contribution in [0.15, 0.2) is 0 Å². The molecule has 0 spiro atoms. The van der Waals surface area contributed by atoms with Gasteiger partial charge >= 0.3 is 12.0 Å². The average molecular weight is 275 g/mol. The summed E-state index contributed by atoms with van der Waals surface area (Å²) in [5, 5.41) is 22.3. The zero-order valence-corrected chi connectivity index (χ0v) is 11.3. The molecule has 0 aliphatic heterocycles. The zero-order chi connectivity index (χ0) is 15.0. The van der Waals surface area contributed by atoms with Crippen LogP contribution in [0.5, 0.6) is 0 Å². The van der Waals surface area contributed by atoms with Crippen LogP contribution in [-0.2, 0) is 9.59 Å². The van der Waals surface area contributed by atoms with Crippen molar-refractivity contribution >= 4 is 17.9 Å². The van der Waals surface area contributed by atoms with Gasteiger partial charge in [0.2, 0.25) is 5.91 Å². The third kappa shape index (κ3) is 7.24. The molecule has 0 saturated carbocycles. The first-order valence-electron chi connectivity index (χ1n) is 5.92. The number of likely N-dealkylation sites (N-methyl/N-ethyl adjacent to an activating group) is 1. The predicted molar refractivity (Wildman–Crippen MR) is 67.6 cm³/mol. The molecule has 4 N–H and O–H groups in total. The number of carbonyl (C=O) groups is 3. The lowest BCUT2D eigenvalue weighted by Crippen LogP contribution is -2.49. The Hall–Kier alpha value is -1.83. The first-order chi connectivity index (χ1) is 8.77. The number of nitrogens with one attached hydrogen (secondary N) is 2. The number of aliphatic hydroxyl groups is 1. The normalized spacial score (nSPS) is 11.8. The van der Waals surface area contributed by atoms with E-state index >= 15 is 0 Å². The van der Waals surface area contributed by atoms with E-state index < -0.39 is 18.0 Å². The van der Waals surface area contributed by atoms with Crippen molar-refractivity contribution in [2.75, 3.05) is 20.2 Å². The smallest absolute Gasteiger partial charge is 0.326 e. The Morgan fingerprint density at radius 3 is 2.21 bits per heavy atom. The van der Waals surface area contributed by atoms with Gasteiger partial charge < -0.3 is 25.7 Å². The van der Waals surface area contributed by atoms with Gasteiger partial charge in [-0.05, 0) is 13.8 Å². The van der Waals surface area contributed by atoms with Crippen molar-refractivity contribution < 1.29 is 24.6 Å². The summed E-state index contributed by atoms with van der Waals surface area (Å²) in [5.41, 5.74) is 0. The molecule has 0 saturated heterocycles. The molecule has 0 aromatic rings. The van der Waals surface area contributed by atoms with Crippen molar-refractivity contribution in [1.82, 2.24) is 15.5 Å². The Morgan fingerprint density at radius 2 is 1.79 bits per heavy atom. The van der Waals surface area contributed by atoms with E-state index in [-0.39, 0.29) is 31.5 Å². The molecule has 0 radical (unpaired) electrons. The molecule has 0 aliphatic rings. The first kappa shape index (κ1) is 17.2. The number of hydrogen-bond acceptors (Lipinski definition) is 4. The summed E-state index contributed by atoms with van der Waals surface area (Å²) >= 11 is 0. The maximum atomic E-state index is 11.6. The van der Waals surface area contributed by atoms with E-state index in [9.17, 15) is 14.4 Å². The Bertz CT molecular complexity index is 332. The Kier molecular flexibility index (Phi) is 7.50. The summed E-state index contributed by atoms with van der Waals surface area (Å²) < 4.78 is 0. The van der Waals surface area contributed by atoms with Crippen molar-refractivity contribution in [3.63, 3.8) is 0 Å². The van der Waals surface area contributed by atoms with Crippen LogP contribution in [0, 0.1) is 0 Å². The molecule has 0 aromatic carbocycles. The fourth-order valence-corrected chi connectivity index (χ4v) is 1.30. The molecule has 0 unspecified atom stereocenters. The minimum absolute atomic E-state index is 0.0369.